The first-order chi connectivity index (χ1) is 9.49. The fraction of sp³-hybridized carbons (Fsp3) is 0.308. The van der Waals surface area contributed by atoms with Crippen molar-refractivity contribution in [3.05, 3.63) is 30.3 Å². The number of carbonyl (C=O) groups is 3. The van der Waals surface area contributed by atoms with Crippen LogP contribution < -0.4 is 4.74 Å². The van der Waals surface area contributed by atoms with Gasteiger partial charge < -0.3 is 19.8 Å². The van der Waals surface area contributed by atoms with Crippen LogP contribution in [0.15, 0.2) is 30.3 Å². The maximum Gasteiger partial charge on any atom is 0.323 e. The highest BCUT2D eigenvalue weighted by molar-refractivity contribution is 5.82. The first-order valence-corrected chi connectivity index (χ1v) is 5.88. The molecule has 0 unspecified atom stereocenters. The Hall–Kier alpha value is -2.57. The summed E-state index contributed by atoms with van der Waals surface area (Å²) in [7, 11) is 0. The Bertz CT molecular complexity index is 473. The van der Waals surface area contributed by atoms with Gasteiger partial charge in [0.15, 0.2) is 6.61 Å². The summed E-state index contributed by atoms with van der Waals surface area (Å²) < 4.78 is 5.21. The summed E-state index contributed by atoms with van der Waals surface area (Å²) >= 11 is 0. The number of hydrogen-bond acceptors (Lipinski definition) is 4. The highest BCUT2D eigenvalue weighted by Gasteiger charge is 2.18. The Morgan fingerprint density at radius 1 is 1.05 bits per heavy atom. The van der Waals surface area contributed by atoms with Gasteiger partial charge >= 0.3 is 11.9 Å². The Balaban J connectivity index is 2.53. The van der Waals surface area contributed by atoms with Gasteiger partial charge in [-0.1, -0.05) is 18.2 Å². The molecule has 0 aliphatic heterocycles. The standard InChI is InChI=1S/C13H15NO6/c15-11(9-20-10-4-2-1-3-5-10)14(8-13(18)19)7-6-12(16)17/h1-5H,6-9H2,(H,16,17)(H,18,19). The van der Waals surface area contributed by atoms with E-state index in [0.717, 1.165) is 4.90 Å². The van der Waals surface area contributed by atoms with Crippen molar-refractivity contribution in [2.75, 3.05) is 19.7 Å². The Morgan fingerprint density at radius 2 is 1.70 bits per heavy atom. The molecule has 0 bridgehead atoms. The molecular formula is C13H15NO6. The van der Waals surface area contributed by atoms with Crippen LogP contribution >= 0.6 is 0 Å². The smallest absolute Gasteiger partial charge is 0.323 e. The van der Waals surface area contributed by atoms with Gasteiger partial charge in [-0.25, -0.2) is 0 Å². The third-order valence-corrected chi connectivity index (χ3v) is 2.38. The molecular weight excluding hydrogens is 266 g/mol. The largest absolute Gasteiger partial charge is 0.484 e. The molecule has 0 radical (unpaired) electrons. The van der Waals surface area contributed by atoms with Gasteiger partial charge in [-0.3, -0.25) is 14.4 Å². The molecule has 0 fully saturated rings. The number of amides is 1. The van der Waals surface area contributed by atoms with Crippen molar-refractivity contribution in [2.45, 2.75) is 6.42 Å². The van der Waals surface area contributed by atoms with E-state index in [9.17, 15) is 14.4 Å². The highest BCUT2D eigenvalue weighted by atomic mass is 16.5. The van der Waals surface area contributed by atoms with E-state index in [4.69, 9.17) is 14.9 Å². The fourth-order valence-electron chi connectivity index (χ4n) is 1.44. The monoisotopic (exact) mass is 281 g/mol. The van der Waals surface area contributed by atoms with Crippen molar-refractivity contribution in [1.82, 2.24) is 4.90 Å². The summed E-state index contributed by atoms with van der Waals surface area (Å²) in [4.78, 5) is 33.9. The van der Waals surface area contributed by atoms with Crippen LogP contribution in [0.1, 0.15) is 6.42 Å². The lowest BCUT2D eigenvalue weighted by Gasteiger charge is -2.19. The van der Waals surface area contributed by atoms with Crippen LogP contribution in [0.3, 0.4) is 0 Å². The maximum absolute atomic E-state index is 11.8. The minimum atomic E-state index is -1.21. The normalized spacial score (nSPS) is 9.80. The molecule has 0 aliphatic carbocycles. The van der Waals surface area contributed by atoms with Gasteiger partial charge in [-0.15, -0.1) is 0 Å². The Labute approximate surface area is 115 Å². The van der Waals surface area contributed by atoms with Gasteiger partial charge in [0, 0.05) is 6.54 Å². The molecule has 0 saturated heterocycles. The molecule has 1 aromatic carbocycles. The lowest BCUT2D eigenvalue weighted by molar-refractivity contribution is -0.146. The van der Waals surface area contributed by atoms with Crippen LogP contribution in [-0.4, -0.2) is 52.7 Å². The number of carboxylic acids is 2. The molecule has 1 aromatic rings. The molecule has 7 heteroatoms. The van der Waals surface area contributed by atoms with Crippen LogP contribution in [0.5, 0.6) is 5.75 Å². The predicted octanol–water partition coefficient (Wildman–Crippen LogP) is 0.453. The molecule has 0 spiro atoms. The highest BCUT2D eigenvalue weighted by Crippen LogP contribution is 2.08. The molecule has 0 heterocycles. The number of para-hydroxylation sites is 1. The lowest BCUT2D eigenvalue weighted by Crippen LogP contribution is -2.40. The zero-order valence-corrected chi connectivity index (χ0v) is 10.7. The Kier molecular flexibility index (Phi) is 6.02. The number of aliphatic carboxylic acids is 2. The zero-order chi connectivity index (χ0) is 15.0. The van der Waals surface area contributed by atoms with Crippen molar-refractivity contribution in [3.8, 4) is 5.75 Å². The predicted molar refractivity (Wildman–Crippen MR) is 68.4 cm³/mol. The van der Waals surface area contributed by atoms with Crippen molar-refractivity contribution in [2.24, 2.45) is 0 Å². The van der Waals surface area contributed by atoms with Gasteiger partial charge in [-0.05, 0) is 12.1 Å². The van der Waals surface area contributed by atoms with Crippen molar-refractivity contribution < 1.29 is 29.3 Å². The molecule has 7 nitrogen and oxygen atoms in total. The second-order valence-corrected chi connectivity index (χ2v) is 3.95. The van der Waals surface area contributed by atoms with E-state index in [-0.39, 0.29) is 19.6 Å². The number of hydrogen-bond donors (Lipinski definition) is 2. The average Bonchev–Trinajstić information content (AvgIpc) is 2.41. The molecule has 1 rings (SSSR count). The van der Waals surface area contributed by atoms with Gasteiger partial charge in [0.2, 0.25) is 0 Å². The fourth-order valence-corrected chi connectivity index (χ4v) is 1.44. The molecule has 2 N–H and O–H groups in total. The molecule has 0 aliphatic rings. The number of carbonyl (C=O) groups excluding carboxylic acids is 1. The second-order valence-electron chi connectivity index (χ2n) is 3.95. The van der Waals surface area contributed by atoms with E-state index >= 15 is 0 Å². The number of ether oxygens (including phenoxy) is 1. The van der Waals surface area contributed by atoms with Gasteiger partial charge in [0.05, 0.1) is 6.42 Å². The van der Waals surface area contributed by atoms with E-state index in [0.29, 0.717) is 5.75 Å². The summed E-state index contributed by atoms with van der Waals surface area (Å²) in [5, 5.41) is 17.3. The number of benzene rings is 1. The minimum Gasteiger partial charge on any atom is -0.484 e. The molecule has 108 valence electrons. The molecule has 0 aromatic heterocycles. The topological polar surface area (TPSA) is 104 Å². The molecule has 1 amide bonds. The van der Waals surface area contributed by atoms with Crippen LogP contribution in [0.2, 0.25) is 0 Å². The van der Waals surface area contributed by atoms with Crippen LogP contribution in [-0.2, 0) is 14.4 Å². The Morgan fingerprint density at radius 3 is 2.25 bits per heavy atom. The van der Waals surface area contributed by atoms with Crippen LogP contribution in [0, 0.1) is 0 Å². The second kappa shape index (κ2) is 7.78. The number of carboxylic acid groups (broad SMARTS) is 2. The minimum absolute atomic E-state index is 0.168. The quantitative estimate of drug-likeness (QED) is 0.717. The maximum atomic E-state index is 11.8. The summed E-state index contributed by atoms with van der Waals surface area (Å²) in [5.74, 6) is -2.40. The van der Waals surface area contributed by atoms with Crippen molar-refractivity contribution in [1.29, 1.82) is 0 Å². The summed E-state index contributed by atoms with van der Waals surface area (Å²) in [6.07, 6.45) is -0.315. The van der Waals surface area contributed by atoms with Gasteiger partial charge in [-0.2, -0.15) is 0 Å². The van der Waals surface area contributed by atoms with Crippen molar-refractivity contribution >= 4 is 17.8 Å². The van der Waals surface area contributed by atoms with Crippen molar-refractivity contribution in [3.63, 3.8) is 0 Å². The summed E-state index contributed by atoms with van der Waals surface area (Å²) in [6, 6.07) is 8.58. The third-order valence-electron chi connectivity index (χ3n) is 2.38. The average molecular weight is 281 g/mol. The molecule has 0 saturated carbocycles. The molecule has 20 heavy (non-hydrogen) atoms. The van der Waals surface area contributed by atoms with E-state index < -0.39 is 24.4 Å². The van der Waals surface area contributed by atoms with E-state index in [2.05, 4.69) is 0 Å². The van der Waals surface area contributed by atoms with E-state index in [1.807, 2.05) is 0 Å². The summed E-state index contributed by atoms with van der Waals surface area (Å²) in [5.41, 5.74) is 0. The zero-order valence-electron chi connectivity index (χ0n) is 10.7. The number of nitrogens with zero attached hydrogens (tertiary/aromatic N) is 1. The van der Waals surface area contributed by atoms with Crippen LogP contribution in [0.25, 0.3) is 0 Å². The SMILES string of the molecule is O=C(O)CCN(CC(=O)O)C(=O)COc1ccccc1. The van der Waals surface area contributed by atoms with E-state index in [1.165, 1.54) is 0 Å². The van der Waals surface area contributed by atoms with E-state index in [1.54, 1.807) is 30.3 Å². The first kappa shape index (κ1) is 15.5. The molecule has 0 atom stereocenters. The van der Waals surface area contributed by atoms with Gasteiger partial charge in [0.1, 0.15) is 12.3 Å². The first-order valence-electron chi connectivity index (χ1n) is 5.88. The summed E-state index contributed by atoms with van der Waals surface area (Å²) in [6.45, 7) is -1.06. The van der Waals surface area contributed by atoms with Crippen LogP contribution in [0.4, 0.5) is 0 Å². The lowest BCUT2D eigenvalue weighted by atomic mass is 10.3. The van der Waals surface area contributed by atoms with Gasteiger partial charge in [0.25, 0.3) is 5.91 Å². The third kappa shape index (κ3) is 5.85. The number of rotatable bonds is 8.